The number of guanidine groups is 1. The summed E-state index contributed by atoms with van der Waals surface area (Å²) < 4.78 is 29.5. The van der Waals surface area contributed by atoms with Gasteiger partial charge in [-0.1, -0.05) is 13.8 Å². The van der Waals surface area contributed by atoms with Gasteiger partial charge in [0.25, 0.3) is 0 Å². The van der Waals surface area contributed by atoms with Crippen molar-refractivity contribution in [2.75, 3.05) is 38.1 Å². The molecule has 2 heterocycles. The van der Waals surface area contributed by atoms with Gasteiger partial charge in [-0.25, -0.2) is 8.78 Å². The van der Waals surface area contributed by atoms with Crippen LogP contribution >= 0.6 is 0 Å². The summed E-state index contributed by atoms with van der Waals surface area (Å²) in [6.45, 7) is 7.51. The van der Waals surface area contributed by atoms with Crippen LogP contribution in [-0.4, -0.2) is 53.9 Å². The van der Waals surface area contributed by atoms with E-state index in [2.05, 4.69) is 34.2 Å². The molecular weight excluding hydrogens is 374 g/mol. The molecule has 0 aliphatic carbocycles. The first kappa shape index (κ1) is 21.1. The molecule has 2 aromatic rings. The normalized spacial score (nSPS) is 15.2. The quantitative estimate of drug-likeness (QED) is 0.615. The molecule has 0 spiro atoms. The standard InChI is InChI=1S/C21H30F2N6/c1-5-18-16(19(6-2)27(4)26-18)14-25-21(24-3)29-11-9-28(10-12-29)20-13-15(22)7-8-17(20)23/h7-8,13H,5-6,9-12,14H2,1-4H3,(H,24,25). The first-order valence-corrected chi connectivity index (χ1v) is 10.2. The summed E-state index contributed by atoms with van der Waals surface area (Å²) >= 11 is 0. The summed E-state index contributed by atoms with van der Waals surface area (Å²) in [5.74, 6) is 0.00619. The Labute approximate surface area is 171 Å². The van der Waals surface area contributed by atoms with E-state index in [1.54, 1.807) is 7.05 Å². The van der Waals surface area contributed by atoms with Crippen LogP contribution in [0, 0.1) is 11.6 Å². The minimum atomic E-state index is -0.420. The van der Waals surface area contributed by atoms with Crippen molar-refractivity contribution in [2.24, 2.45) is 12.0 Å². The van der Waals surface area contributed by atoms with E-state index < -0.39 is 11.6 Å². The first-order chi connectivity index (χ1) is 14.0. The molecule has 1 aliphatic heterocycles. The van der Waals surface area contributed by atoms with Gasteiger partial charge in [0.2, 0.25) is 0 Å². The molecule has 0 saturated carbocycles. The lowest BCUT2D eigenvalue weighted by atomic mass is 10.1. The van der Waals surface area contributed by atoms with Crippen molar-refractivity contribution < 1.29 is 8.78 Å². The number of rotatable bonds is 5. The van der Waals surface area contributed by atoms with Crippen molar-refractivity contribution in [1.82, 2.24) is 20.0 Å². The highest BCUT2D eigenvalue weighted by Crippen LogP contribution is 2.22. The van der Waals surface area contributed by atoms with E-state index in [-0.39, 0.29) is 0 Å². The van der Waals surface area contributed by atoms with Crippen molar-refractivity contribution >= 4 is 11.6 Å². The number of aromatic nitrogens is 2. The van der Waals surface area contributed by atoms with Crippen LogP contribution in [-0.2, 0) is 26.4 Å². The number of hydrogen-bond acceptors (Lipinski definition) is 3. The van der Waals surface area contributed by atoms with Gasteiger partial charge in [-0.05, 0) is 25.0 Å². The molecule has 3 rings (SSSR count). The third-order valence-electron chi connectivity index (χ3n) is 5.49. The van der Waals surface area contributed by atoms with E-state index >= 15 is 0 Å². The maximum absolute atomic E-state index is 14.1. The van der Waals surface area contributed by atoms with Crippen LogP contribution in [0.2, 0.25) is 0 Å². The molecule has 8 heteroatoms. The van der Waals surface area contributed by atoms with E-state index in [1.165, 1.54) is 23.4 Å². The lowest BCUT2D eigenvalue weighted by Crippen LogP contribution is -2.52. The fourth-order valence-electron chi connectivity index (χ4n) is 3.98. The zero-order chi connectivity index (χ0) is 21.0. The third-order valence-corrected chi connectivity index (χ3v) is 5.49. The monoisotopic (exact) mass is 404 g/mol. The number of nitrogens with one attached hydrogen (secondary N) is 1. The van der Waals surface area contributed by atoms with Crippen LogP contribution in [0.5, 0.6) is 0 Å². The van der Waals surface area contributed by atoms with Crippen molar-refractivity contribution in [3.63, 3.8) is 0 Å². The maximum Gasteiger partial charge on any atom is 0.194 e. The second-order valence-electron chi connectivity index (χ2n) is 7.17. The second-order valence-corrected chi connectivity index (χ2v) is 7.17. The number of aryl methyl sites for hydroxylation is 2. The molecule has 1 aromatic carbocycles. The molecule has 1 aliphatic rings. The van der Waals surface area contributed by atoms with Crippen LogP contribution in [0.25, 0.3) is 0 Å². The van der Waals surface area contributed by atoms with E-state index in [1.807, 2.05) is 16.6 Å². The second kappa shape index (κ2) is 9.24. The molecular formula is C21H30F2N6. The number of nitrogens with zero attached hydrogens (tertiary/aromatic N) is 5. The van der Waals surface area contributed by atoms with Gasteiger partial charge in [0.05, 0.1) is 11.4 Å². The van der Waals surface area contributed by atoms with Crippen molar-refractivity contribution in [3.8, 4) is 0 Å². The number of benzene rings is 1. The Morgan fingerprint density at radius 3 is 2.48 bits per heavy atom. The Kier molecular flexibility index (Phi) is 6.71. The Hall–Kier alpha value is -2.64. The summed E-state index contributed by atoms with van der Waals surface area (Å²) in [6.07, 6.45) is 1.82. The first-order valence-electron chi connectivity index (χ1n) is 10.2. The minimum Gasteiger partial charge on any atom is -0.366 e. The number of aliphatic imine (C=N–C) groups is 1. The Bertz CT molecular complexity index is 868. The summed E-state index contributed by atoms with van der Waals surface area (Å²) in [7, 11) is 3.76. The fourth-order valence-corrected chi connectivity index (χ4v) is 3.98. The minimum absolute atomic E-state index is 0.322. The summed E-state index contributed by atoms with van der Waals surface area (Å²) in [4.78, 5) is 8.46. The lowest BCUT2D eigenvalue weighted by molar-refractivity contribution is 0.370. The number of piperazine rings is 1. The highest BCUT2D eigenvalue weighted by Gasteiger charge is 2.23. The van der Waals surface area contributed by atoms with Gasteiger partial charge in [0, 0.05) is 64.1 Å². The molecule has 0 atom stereocenters. The van der Waals surface area contributed by atoms with Gasteiger partial charge in [-0.3, -0.25) is 9.67 Å². The van der Waals surface area contributed by atoms with Gasteiger partial charge < -0.3 is 15.1 Å². The van der Waals surface area contributed by atoms with Crippen LogP contribution in [0.4, 0.5) is 14.5 Å². The van der Waals surface area contributed by atoms with E-state index in [4.69, 9.17) is 0 Å². The fraction of sp³-hybridized carbons (Fsp3) is 0.524. The molecule has 1 saturated heterocycles. The van der Waals surface area contributed by atoms with Crippen LogP contribution in [0.1, 0.15) is 30.8 Å². The molecule has 0 amide bonds. The average Bonchev–Trinajstić information content (AvgIpc) is 3.05. The Morgan fingerprint density at radius 1 is 1.14 bits per heavy atom. The largest absolute Gasteiger partial charge is 0.366 e. The smallest absolute Gasteiger partial charge is 0.194 e. The van der Waals surface area contributed by atoms with Crippen molar-refractivity contribution in [3.05, 3.63) is 46.8 Å². The van der Waals surface area contributed by atoms with Gasteiger partial charge in [-0.2, -0.15) is 5.10 Å². The van der Waals surface area contributed by atoms with Crippen LogP contribution < -0.4 is 10.2 Å². The molecule has 1 N–H and O–H groups in total. The lowest BCUT2D eigenvalue weighted by Gasteiger charge is -2.37. The zero-order valence-electron chi connectivity index (χ0n) is 17.7. The molecule has 6 nitrogen and oxygen atoms in total. The third kappa shape index (κ3) is 4.52. The molecule has 0 unspecified atom stereocenters. The summed E-state index contributed by atoms with van der Waals surface area (Å²) in [5.41, 5.74) is 3.90. The molecule has 29 heavy (non-hydrogen) atoms. The molecule has 0 bridgehead atoms. The van der Waals surface area contributed by atoms with Crippen molar-refractivity contribution in [2.45, 2.75) is 33.2 Å². The van der Waals surface area contributed by atoms with Crippen LogP contribution in [0.3, 0.4) is 0 Å². The Balaban J connectivity index is 1.64. The molecule has 1 fully saturated rings. The van der Waals surface area contributed by atoms with Gasteiger partial charge in [0.1, 0.15) is 11.6 Å². The number of hydrogen-bond donors (Lipinski definition) is 1. The predicted molar refractivity (Wildman–Crippen MR) is 112 cm³/mol. The SMILES string of the molecule is CCc1nn(C)c(CC)c1CNC(=NC)N1CCN(c2cc(F)ccc2F)CC1. The highest BCUT2D eigenvalue weighted by molar-refractivity contribution is 5.80. The van der Waals surface area contributed by atoms with Crippen LogP contribution in [0.15, 0.2) is 23.2 Å². The van der Waals surface area contributed by atoms with Gasteiger partial charge in [-0.15, -0.1) is 0 Å². The summed E-state index contributed by atoms with van der Waals surface area (Å²) in [5, 5.41) is 8.09. The molecule has 1 aromatic heterocycles. The number of halogens is 2. The highest BCUT2D eigenvalue weighted by atomic mass is 19.1. The maximum atomic E-state index is 14.1. The average molecular weight is 405 g/mol. The van der Waals surface area contributed by atoms with Crippen molar-refractivity contribution in [1.29, 1.82) is 0 Å². The zero-order valence-corrected chi connectivity index (χ0v) is 17.7. The number of anilines is 1. The van der Waals surface area contributed by atoms with Gasteiger partial charge in [0.15, 0.2) is 5.96 Å². The molecule has 158 valence electrons. The topological polar surface area (TPSA) is 48.7 Å². The summed E-state index contributed by atoms with van der Waals surface area (Å²) in [6, 6.07) is 3.59. The van der Waals surface area contributed by atoms with E-state index in [0.29, 0.717) is 38.4 Å². The van der Waals surface area contributed by atoms with E-state index in [9.17, 15) is 8.78 Å². The predicted octanol–water partition coefficient (Wildman–Crippen LogP) is 2.72. The van der Waals surface area contributed by atoms with Gasteiger partial charge >= 0.3 is 0 Å². The van der Waals surface area contributed by atoms with E-state index in [0.717, 1.165) is 30.6 Å². The Morgan fingerprint density at radius 2 is 1.86 bits per heavy atom. The molecule has 0 radical (unpaired) electrons.